The molecule has 0 aromatic heterocycles. The molecule has 0 amide bonds. The van der Waals surface area contributed by atoms with Crippen LogP contribution < -0.4 is 0 Å². The Morgan fingerprint density at radius 3 is 0.857 bits per heavy atom. The molecule has 0 aliphatic heterocycles. The predicted molar refractivity (Wildman–Crippen MR) is 24.6 cm³/mol. The Hall–Kier alpha value is 1.62. The van der Waals surface area contributed by atoms with Gasteiger partial charge in [0.25, 0.3) is 0 Å². The van der Waals surface area contributed by atoms with Crippen LogP contribution >= 0.6 is 0 Å². The fraction of sp³-hybridized carbons (Fsp3) is 0. The molecule has 0 aliphatic carbocycles. The zero-order valence-electron chi connectivity index (χ0n) is 2.61. The van der Waals surface area contributed by atoms with E-state index in [2.05, 4.69) is 0 Å². The van der Waals surface area contributed by atoms with Gasteiger partial charge in [0.2, 0.25) is 0 Å². The van der Waals surface area contributed by atoms with Crippen LogP contribution in [-0.2, 0) is 21.1 Å². The molecule has 0 saturated carbocycles. The van der Waals surface area contributed by atoms with E-state index in [1.165, 1.54) is 0 Å². The predicted octanol–water partition coefficient (Wildman–Crippen LogP) is -3.80. The van der Waals surface area contributed by atoms with E-state index in [1.54, 1.807) is 0 Å². The fourth-order valence-corrected chi connectivity index (χ4v) is 0. The Labute approximate surface area is 74.7 Å². The molecular weight excluding hydrogens is 402 g/mol. The third-order valence-electron chi connectivity index (χ3n) is 0. The van der Waals surface area contributed by atoms with Crippen molar-refractivity contribution < 1.29 is 40.2 Å². The molecule has 0 atom stereocenters. The van der Waals surface area contributed by atoms with Crippen LogP contribution in [0, 0.1) is 0 Å². The molecule has 0 spiro atoms. The zero-order chi connectivity index (χ0) is 4.50. The van der Waals surface area contributed by atoms with Crippen molar-refractivity contribution in [2.75, 3.05) is 0 Å². The minimum Gasteiger partial charge on any atom is 0 e. The third kappa shape index (κ3) is 92.0. The molecule has 0 aromatic carbocycles. The Balaban J connectivity index is -0.0000000800. The van der Waals surface area contributed by atoms with Gasteiger partial charge >= 0.3 is 34.9 Å². The summed E-state index contributed by atoms with van der Waals surface area (Å²) in [5.41, 5.74) is 0. The molecular formula is H7InO4PtSi. The fourth-order valence-electron chi connectivity index (χ4n) is 0. The van der Waals surface area contributed by atoms with Crippen molar-refractivity contribution in [2.24, 2.45) is 0 Å². The van der Waals surface area contributed by atoms with Crippen LogP contribution in [0.4, 0.5) is 0 Å². The maximum Gasteiger partial charge on any atom is 0 e. The van der Waals surface area contributed by atoms with Gasteiger partial charge in [-0.05, 0) is 0 Å². The molecule has 7 heteroatoms. The normalized spacial score (nSPS) is 8.57. The number of rotatable bonds is 0. The monoisotopic (exact) mass is 409 g/mol. The van der Waals surface area contributed by atoms with Crippen LogP contribution in [0.25, 0.3) is 0 Å². The van der Waals surface area contributed by atoms with E-state index in [-0.39, 0.29) is 46.9 Å². The quantitative estimate of drug-likeness (QED) is 0.310. The number of hydrogen-bond donors (Lipinski definition) is 4. The van der Waals surface area contributed by atoms with Crippen molar-refractivity contribution in [3.8, 4) is 0 Å². The van der Waals surface area contributed by atoms with Crippen LogP contribution in [0.2, 0.25) is 0 Å². The number of hydrogen-bond acceptors (Lipinski definition) is 4. The summed E-state index contributed by atoms with van der Waals surface area (Å²) >= 11 is 0. The summed E-state index contributed by atoms with van der Waals surface area (Å²) in [7, 11) is -4.61. The van der Waals surface area contributed by atoms with Crippen LogP contribution in [0.1, 0.15) is 0 Å². The Morgan fingerprint density at radius 2 is 0.857 bits per heavy atom. The molecule has 4 nitrogen and oxygen atoms in total. The van der Waals surface area contributed by atoms with Crippen molar-refractivity contribution in [1.29, 1.82) is 0 Å². The molecule has 48 valence electrons. The Morgan fingerprint density at radius 1 is 0.857 bits per heavy atom. The SMILES string of the molecule is O[Si](O)(O)O.[InH3].[Pt]. The van der Waals surface area contributed by atoms with Gasteiger partial charge < -0.3 is 19.2 Å². The minimum atomic E-state index is -4.61. The first-order chi connectivity index (χ1) is 2.00. The van der Waals surface area contributed by atoms with Gasteiger partial charge in [-0.1, -0.05) is 0 Å². The zero-order valence-corrected chi connectivity index (χ0v) is 5.88. The van der Waals surface area contributed by atoms with Crippen molar-refractivity contribution in [3.63, 3.8) is 0 Å². The standard InChI is InChI=1S/In.H4O4Si.Pt.3H/c;1-5(2,3)4;;;;/h;1-4H;;;;. The second-order valence-corrected chi connectivity index (χ2v) is 1.80. The molecule has 0 heterocycles. The molecule has 0 aliphatic rings. The van der Waals surface area contributed by atoms with Gasteiger partial charge in [0.05, 0.1) is 0 Å². The van der Waals surface area contributed by atoms with E-state index in [4.69, 9.17) is 19.2 Å². The topological polar surface area (TPSA) is 80.9 Å². The van der Waals surface area contributed by atoms with Gasteiger partial charge in [-0.3, -0.25) is 0 Å². The van der Waals surface area contributed by atoms with E-state index in [0.717, 1.165) is 0 Å². The molecule has 4 N–H and O–H groups in total. The first-order valence-electron chi connectivity index (χ1n) is 0.894. The van der Waals surface area contributed by atoms with Crippen LogP contribution in [0.3, 0.4) is 0 Å². The largest absolute Gasteiger partial charge is 0 e. The summed E-state index contributed by atoms with van der Waals surface area (Å²) < 4.78 is 0. The second-order valence-electron chi connectivity index (χ2n) is 0.600. The molecule has 0 saturated heterocycles. The maximum absolute atomic E-state index is 7.33. The molecule has 0 bridgehead atoms. The summed E-state index contributed by atoms with van der Waals surface area (Å²) in [5, 5.41) is 0. The minimum absolute atomic E-state index is 0. The Bertz CT molecular complexity index is 27.2. The van der Waals surface area contributed by atoms with Crippen molar-refractivity contribution in [3.05, 3.63) is 0 Å². The summed E-state index contributed by atoms with van der Waals surface area (Å²) in [6, 6.07) is 0. The van der Waals surface area contributed by atoms with Gasteiger partial charge in [0.1, 0.15) is 0 Å². The van der Waals surface area contributed by atoms with E-state index in [0.29, 0.717) is 0 Å². The first kappa shape index (κ1) is 15.8. The summed E-state index contributed by atoms with van der Waals surface area (Å²) in [5.74, 6) is 0. The van der Waals surface area contributed by atoms with Gasteiger partial charge in [-0.2, -0.15) is 0 Å². The molecule has 7 heavy (non-hydrogen) atoms. The molecule has 0 aromatic rings. The molecule has 0 rings (SSSR count). The summed E-state index contributed by atoms with van der Waals surface area (Å²) in [4.78, 5) is 29.3. The molecule has 0 radical (unpaired) electrons. The average molecular weight is 409 g/mol. The Kier molecular flexibility index (Phi) is 13.0. The van der Waals surface area contributed by atoms with Crippen LogP contribution in [0.15, 0.2) is 0 Å². The summed E-state index contributed by atoms with van der Waals surface area (Å²) in [6.07, 6.45) is 0. The molecule has 0 unspecified atom stereocenters. The van der Waals surface area contributed by atoms with Gasteiger partial charge in [0, 0.05) is 21.1 Å². The van der Waals surface area contributed by atoms with Gasteiger partial charge in [-0.25, -0.2) is 0 Å². The van der Waals surface area contributed by atoms with Crippen molar-refractivity contribution in [2.45, 2.75) is 0 Å². The summed E-state index contributed by atoms with van der Waals surface area (Å²) in [6.45, 7) is 0. The maximum atomic E-state index is 7.33. The van der Waals surface area contributed by atoms with E-state index >= 15 is 0 Å². The third-order valence-corrected chi connectivity index (χ3v) is 0. The van der Waals surface area contributed by atoms with E-state index in [9.17, 15) is 0 Å². The van der Waals surface area contributed by atoms with Gasteiger partial charge in [0.15, 0.2) is 0 Å². The second kappa shape index (κ2) is 5.75. The van der Waals surface area contributed by atoms with Crippen LogP contribution in [-0.4, -0.2) is 54.1 Å². The van der Waals surface area contributed by atoms with Crippen LogP contribution in [0.5, 0.6) is 0 Å². The van der Waals surface area contributed by atoms with E-state index < -0.39 is 9.05 Å². The molecule has 0 fully saturated rings. The van der Waals surface area contributed by atoms with E-state index in [1.807, 2.05) is 0 Å². The van der Waals surface area contributed by atoms with Crippen molar-refractivity contribution in [1.82, 2.24) is 0 Å². The van der Waals surface area contributed by atoms with Crippen molar-refractivity contribution >= 4 is 34.9 Å². The average Bonchev–Trinajstić information content (AvgIpc) is 0.722. The first-order valence-corrected chi connectivity index (χ1v) is 2.68. The smallest absolute Gasteiger partial charge is 0 e. The van der Waals surface area contributed by atoms with Gasteiger partial charge in [-0.15, -0.1) is 0 Å².